The van der Waals surface area contributed by atoms with Crippen LogP contribution in [0.1, 0.15) is 48.7 Å². The third kappa shape index (κ3) is 3.88. The Morgan fingerprint density at radius 3 is 2.40 bits per heavy atom. The van der Waals surface area contributed by atoms with Crippen LogP contribution in [0, 0.1) is 6.92 Å². The van der Waals surface area contributed by atoms with Gasteiger partial charge in [-0.1, -0.05) is 43.3 Å². The van der Waals surface area contributed by atoms with Crippen LogP contribution in [0.3, 0.4) is 0 Å². The number of aliphatic hydroxyl groups is 1. The lowest BCUT2D eigenvalue weighted by atomic mass is 10.00. The molecule has 1 unspecified atom stereocenters. The fourth-order valence-corrected chi connectivity index (χ4v) is 1.95. The van der Waals surface area contributed by atoms with E-state index < -0.39 is 6.10 Å². The molecule has 2 N–H and O–H groups in total. The van der Waals surface area contributed by atoms with Gasteiger partial charge < -0.3 is 14.9 Å². The van der Waals surface area contributed by atoms with Crippen molar-refractivity contribution in [2.24, 2.45) is 0 Å². The summed E-state index contributed by atoms with van der Waals surface area (Å²) in [6, 6.07) is 8.06. The van der Waals surface area contributed by atoms with E-state index in [1.807, 2.05) is 12.1 Å². The van der Waals surface area contributed by atoms with Gasteiger partial charge in [0.05, 0.1) is 12.6 Å². The normalized spacial score (nSPS) is 12.8. The van der Waals surface area contributed by atoms with E-state index in [1.165, 1.54) is 5.56 Å². The highest BCUT2D eigenvalue weighted by molar-refractivity contribution is 5.26. The Kier molecular flexibility index (Phi) is 4.87. The fourth-order valence-electron chi connectivity index (χ4n) is 1.95. The Morgan fingerprint density at radius 2 is 1.85 bits per heavy atom. The molecule has 0 spiro atoms. The molecule has 1 atom stereocenters. The van der Waals surface area contributed by atoms with E-state index in [2.05, 4.69) is 41.4 Å². The maximum Gasteiger partial charge on any atom is 0.240 e. The van der Waals surface area contributed by atoms with Crippen LogP contribution in [-0.4, -0.2) is 21.8 Å². The topological polar surface area (TPSA) is 71.2 Å². The molecule has 1 heterocycles. The van der Waals surface area contributed by atoms with Crippen LogP contribution in [0.5, 0.6) is 0 Å². The van der Waals surface area contributed by atoms with Gasteiger partial charge in [0.1, 0.15) is 0 Å². The van der Waals surface area contributed by atoms with E-state index in [9.17, 15) is 5.11 Å². The lowest BCUT2D eigenvalue weighted by Crippen LogP contribution is -2.21. The van der Waals surface area contributed by atoms with E-state index in [-0.39, 0.29) is 0 Å². The molecule has 20 heavy (non-hydrogen) atoms. The molecular formula is C15H21N3O2. The molecule has 0 aliphatic rings. The van der Waals surface area contributed by atoms with Gasteiger partial charge in [0, 0.05) is 6.54 Å². The number of aliphatic hydroxyl groups excluding tert-OH is 1. The first-order chi connectivity index (χ1) is 9.56. The van der Waals surface area contributed by atoms with Gasteiger partial charge in [-0.15, -0.1) is 0 Å². The number of nitrogens with one attached hydrogen (secondary N) is 1. The molecule has 0 radical (unpaired) electrons. The minimum atomic E-state index is -0.541. The monoisotopic (exact) mass is 275 g/mol. The Balaban J connectivity index is 1.83. The summed E-state index contributed by atoms with van der Waals surface area (Å²) in [5, 5.41) is 16.9. The molecule has 1 aromatic carbocycles. The summed E-state index contributed by atoms with van der Waals surface area (Å²) in [4.78, 5) is 4.09. The van der Waals surface area contributed by atoms with Gasteiger partial charge in [-0.25, -0.2) is 0 Å². The van der Waals surface area contributed by atoms with E-state index in [0.29, 0.717) is 30.7 Å². The molecule has 0 amide bonds. The number of aromatic nitrogens is 2. The van der Waals surface area contributed by atoms with Crippen LogP contribution in [0.4, 0.5) is 0 Å². The maximum absolute atomic E-state index is 10.1. The van der Waals surface area contributed by atoms with Crippen molar-refractivity contribution in [2.45, 2.75) is 39.3 Å². The lowest BCUT2D eigenvalue weighted by Gasteiger charge is -2.13. The number of benzene rings is 1. The largest absolute Gasteiger partial charge is 0.387 e. The number of aryl methyl sites for hydroxylation is 1. The molecule has 1 aromatic heterocycles. The van der Waals surface area contributed by atoms with Crippen LogP contribution < -0.4 is 5.32 Å². The van der Waals surface area contributed by atoms with Gasteiger partial charge in [-0.2, -0.15) is 4.98 Å². The Labute approximate surface area is 119 Å². The SMILES string of the molecule is Cc1noc(CNCC(O)c2ccc(C(C)C)cc2)n1. The Bertz CT molecular complexity index is 534. The van der Waals surface area contributed by atoms with E-state index in [4.69, 9.17) is 4.52 Å². The van der Waals surface area contributed by atoms with Crippen molar-refractivity contribution in [3.05, 3.63) is 47.1 Å². The number of rotatable bonds is 6. The van der Waals surface area contributed by atoms with Crippen LogP contribution in [0.2, 0.25) is 0 Å². The lowest BCUT2D eigenvalue weighted by molar-refractivity contribution is 0.172. The van der Waals surface area contributed by atoms with Crippen LogP contribution in [0.25, 0.3) is 0 Å². The number of hydrogen-bond donors (Lipinski definition) is 2. The Morgan fingerprint density at radius 1 is 1.20 bits per heavy atom. The zero-order valence-corrected chi connectivity index (χ0v) is 12.1. The first kappa shape index (κ1) is 14.7. The van der Waals surface area contributed by atoms with E-state index in [0.717, 1.165) is 5.56 Å². The molecule has 108 valence electrons. The summed E-state index contributed by atoms with van der Waals surface area (Å²) >= 11 is 0. The molecule has 0 bridgehead atoms. The summed E-state index contributed by atoms with van der Waals surface area (Å²) < 4.78 is 4.99. The predicted octanol–water partition coefficient (Wildman–Crippen LogP) is 2.32. The van der Waals surface area contributed by atoms with Crippen LogP contribution in [-0.2, 0) is 6.54 Å². The fraction of sp³-hybridized carbons (Fsp3) is 0.467. The van der Waals surface area contributed by atoms with Gasteiger partial charge in [0.15, 0.2) is 5.82 Å². The Hall–Kier alpha value is -1.72. The highest BCUT2D eigenvalue weighted by Crippen LogP contribution is 2.18. The van der Waals surface area contributed by atoms with Gasteiger partial charge >= 0.3 is 0 Å². The predicted molar refractivity (Wildman–Crippen MR) is 76.2 cm³/mol. The highest BCUT2D eigenvalue weighted by atomic mass is 16.5. The van der Waals surface area contributed by atoms with Crippen molar-refractivity contribution in [1.29, 1.82) is 0 Å². The molecule has 0 saturated heterocycles. The molecule has 0 fully saturated rings. The second-order valence-electron chi connectivity index (χ2n) is 5.20. The van der Waals surface area contributed by atoms with Crippen LogP contribution >= 0.6 is 0 Å². The third-order valence-electron chi connectivity index (χ3n) is 3.17. The first-order valence-electron chi connectivity index (χ1n) is 6.84. The van der Waals surface area contributed by atoms with Crippen molar-refractivity contribution in [3.8, 4) is 0 Å². The van der Waals surface area contributed by atoms with Crippen LogP contribution in [0.15, 0.2) is 28.8 Å². The first-order valence-corrected chi connectivity index (χ1v) is 6.84. The molecule has 2 rings (SSSR count). The summed E-state index contributed by atoms with van der Waals surface area (Å²) in [5.74, 6) is 1.65. The summed E-state index contributed by atoms with van der Waals surface area (Å²) in [6.07, 6.45) is -0.541. The molecule has 0 saturated carbocycles. The minimum Gasteiger partial charge on any atom is -0.387 e. The zero-order chi connectivity index (χ0) is 14.5. The zero-order valence-electron chi connectivity index (χ0n) is 12.1. The maximum atomic E-state index is 10.1. The number of nitrogens with zero attached hydrogens (tertiary/aromatic N) is 2. The molecular weight excluding hydrogens is 254 g/mol. The summed E-state index contributed by atoms with van der Waals surface area (Å²) in [7, 11) is 0. The second kappa shape index (κ2) is 6.63. The van der Waals surface area contributed by atoms with Gasteiger partial charge in [-0.3, -0.25) is 0 Å². The van der Waals surface area contributed by atoms with Gasteiger partial charge in [0.25, 0.3) is 0 Å². The van der Waals surface area contributed by atoms with Crippen molar-refractivity contribution in [1.82, 2.24) is 15.5 Å². The molecule has 5 nitrogen and oxygen atoms in total. The summed E-state index contributed by atoms with van der Waals surface area (Å²) in [6.45, 7) is 6.99. The van der Waals surface area contributed by atoms with E-state index in [1.54, 1.807) is 6.92 Å². The molecule has 2 aromatic rings. The average Bonchev–Trinajstić information content (AvgIpc) is 2.84. The van der Waals surface area contributed by atoms with Crippen molar-refractivity contribution in [3.63, 3.8) is 0 Å². The van der Waals surface area contributed by atoms with Gasteiger partial charge in [-0.05, 0) is 24.0 Å². The third-order valence-corrected chi connectivity index (χ3v) is 3.17. The quantitative estimate of drug-likeness (QED) is 0.846. The minimum absolute atomic E-state index is 0.447. The van der Waals surface area contributed by atoms with E-state index >= 15 is 0 Å². The number of hydrogen-bond acceptors (Lipinski definition) is 5. The molecule has 5 heteroatoms. The molecule has 0 aliphatic heterocycles. The second-order valence-corrected chi connectivity index (χ2v) is 5.20. The highest BCUT2D eigenvalue weighted by Gasteiger charge is 2.09. The summed E-state index contributed by atoms with van der Waals surface area (Å²) in [5.41, 5.74) is 2.18. The van der Waals surface area contributed by atoms with Crippen molar-refractivity contribution < 1.29 is 9.63 Å². The molecule has 0 aliphatic carbocycles. The van der Waals surface area contributed by atoms with Crippen molar-refractivity contribution >= 4 is 0 Å². The van der Waals surface area contributed by atoms with Gasteiger partial charge in [0.2, 0.25) is 5.89 Å². The van der Waals surface area contributed by atoms with Crippen molar-refractivity contribution in [2.75, 3.05) is 6.54 Å². The smallest absolute Gasteiger partial charge is 0.240 e. The average molecular weight is 275 g/mol. The standard InChI is InChI=1S/C15H21N3O2/c1-10(2)12-4-6-13(7-5-12)14(19)8-16-9-15-17-11(3)18-20-15/h4-7,10,14,16,19H,8-9H2,1-3H3.